The van der Waals surface area contributed by atoms with E-state index >= 15 is 0 Å². The molecule has 0 saturated heterocycles. The zero-order valence-electron chi connectivity index (χ0n) is 13.1. The van der Waals surface area contributed by atoms with Crippen molar-refractivity contribution < 1.29 is 0 Å². The van der Waals surface area contributed by atoms with Crippen molar-refractivity contribution in [3.63, 3.8) is 0 Å². The molecule has 21 heavy (non-hydrogen) atoms. The van der Waals surface area contributed by atoms with Gasteiger partial charge in [0.2, 0.25) is 0 Å². The van der Waals surface area contributed by atoms with Crippen molar-refractivity contribution in [2.75, 3.05) is 0 Å². The van der Waals surface area contributed by atoms with Crippen LogP contribution in [0.25, 0.3) is 10.8 Å². The Bertz CT molecular complexity index is 531. The first-order valence-corrected chi connectivity index (χ1v) is 8.30. The Hall–Kier alpha value is -1.38. The minimum Gasteiger partial charge on any atom is -0.271 e. The molecule has 114 valence electrons. The van der Waals surface area contributed by atoms with E-state index in [0.717, 1.165) is 6.42 Å². The van der Waals surface area contributed by atoms with Crippen molar-refractivity contribution in [1.29, 1.82) is 0 Å². The van der Waals surface area contributed by atoms with Crippen LogP contribution in [0.15, 0.2) is 42.5 Å². The van der Waals surface area contributed by atoms with E-state index in [1.165, 1.54) is 54.9 Å². The van der Waals surface area contributed by atoms with E-state index in [1.807, 2.05) is 0 Å². The van der Waals surface area contributed by atoms with Crippen molar-refractivity contribution in [2.24, 2.45) is 5.84 Å². The molecule has 3 N–H and O–H groups in total. The lowest BCUT2D eigenvalue weighted by Crippen LogP contribution is -2.28. The molecule has 0 radical (unpaired) electrons. The Kier molecular flexibility index (Phi) is 6.71. The summed E-state index contributed by atoms with van der Waals surface area (Å²) in [4.78, 5) is 0. The van der Waals surface area contributed by atoms with Gasteiger partial charge in [0.25, 0.3) is 0 Å². The number of hydrazine groups is 1. The lowest BCUT2D eigenvalue weighted by molar-refractivity contribution is 0.479. The molecule has 0 saturated carbocycles. The number of unbranched alkanes of at least 4 members (excludes halogenated alkanes) is 5. The molecule has 0 spiro atoms. The third-order valence-corrected chi connectivity index (χ3v) is 4.25. The highest BCUT2D eigenvalue weighted by molar-refractivity contribution is 5.86. The van der Waals surface area contributed by atoms with E-state index in [2.05, 4.69) is 54.8 Å². The van der Waals surface area contributed by atoms with Gasteiger partial charge in [0.1, 0.15) is 0 Å². The van der Waals surface area contributed by atoms with Gasteiger partial charge in [-0.25, -0.2) is 0 Å². The van der Waals surface area contributed by atoms with Crippen molar-refractivity contribution >= 4 is 10.8 Å². The van der Waals surface area contributed by atoms with E-state index in [0.29, 0.717) is 0 Å². The van der Waals surface area contributed by atoms with Gasteiger partial charge in [-0.3, -0.25) is 11.3 Å². The molecule has 0 aliphatic carbocycles. The molecule has 2 heteroatoms. The molecule has 0 fully saturated rings. The Morgan fingerprint density at radius 3 is 2.43 bits per heavy atom. The second-order valence-electron chi connectivity index (χ2n) is 5.84. The second kappa shape index (κ2) is 8.81. The summed E-state index contributed by atoms with van der Waals surface area (Å²) in [5, 5.41) is 2.60. The highest BCUT2D eigenvalue weighted by atomic mass is 15.2. The predicted octanol–water partition coefficient (Wildman–Crippen LogP) is 5.09. The first kappa shape index (κ1) is 16.0. The Morgan fingerprint density at radius 1 is 0.905 bits per heavy atom. The van der Waals surface area contributed by atoms with E-state index in [-0.39, 0.29) is 6.04 Å². The van der Waals surface area contributed by atoms with Gasteiger partial charge < -0.3 is 0 Å². The minimum atomic E-state index is 0.252. The van der Waals surface area contributed by atoms with Gasteiger partial charge in [0.15, 0.2) is 0 Å². The molecule has 0 aromatic heterocycles. The van der Waals surface area contributed by atoms with E-state index in [1.54, 1.807) is 0 Å². The molecular weight excluding hydrogens is 256 g/mol. The van der Waals surface area contributed by atoms with E-state index in [9.17, 15) is 0 Å². The predicted molar refractivity (Wildman–Crippen MR) is 92.0 cm³/mol. The maximum Gasteiger partial charge on any atom is 0.0466 e. The number of rotatable bonds is 9. The summed E-state index contributed by atoms with van der Waals surface area (Å²) >= 11 is 0. The van der Waals surface area contributed by atoms with Crippen molar-refractivity contribution in [1.82, 2.24) is 5.43 Å². The number of hydrogen-bond acceptors (Lipinski definition) is 2. The molecule has 0 heterocycles. The van der Waals surface area contributed by atoms with Crippen molar-refractivity contribution in [2.45, 2.75) is 57.9 Å². The van der Waals surface area contributed by atoms with Gasteiger partial charge in [-0.1, -0.05) is 87.9 Å². The van der Waals surface area contributed by atoms with Crippen molar-refractivity contribution in [3.8, 4) is 0 Å². The monoisotopic (exact) mass is 284 g/mol. The number of hydrogen-bond donors (Lipinski definition) is 2. The minimum absolute atomic E-state index is 0.252. The van der Waals surface area contributed by atoms with Crippen LogP contribution in [0.2, 0.25) is 0 Å². The lowest BCUT2D eigenvalue weighted by Gasteiger charge is -2.18. The van der Waals surface area contributed by atoms with Gasteiger partial charge in [0, 0.05) is 6.04 Å². The summed E-state index contributed by atoms with van der Waals surface area (Å²) in [6.07, 6.45) is 9.04. The standard InChI is InChI=1S/C19H28N2/c1-2-3-4-5-6-7-15-19(21-20)18-14-10-12-16-11-8-9-13-17(16)18/h8-14,19,21H,2-7,15,20H2,1H3. The zero-order valence-corrected chi connectivity index (χ0v) is 13.1. The fourth-order valence-electron chi connectivity index (χ4n) is 3.01. The van der Waals surface area contributed by atoms with Gasteiger partial charge in [0.05, 0.1) is 0 Å². The summed E-state index contributed by atoms with van der Waals surface area (Å²) in [5.74, 6) is 5.81. The Balaban J connectivity index is 1.96. The smallest absolute Gasteiger partial charge is 0.0466 e. The summed E-state index contributed by atoms with van der Waals surface area (Å²) in [7, 11) is 0. The molecule has 0 bridgehead atoms. The highest BCUT2D eigenvalue weighted by Crippen LogP contribution is 2.27. The van der Waals surface area contributed by atoms with E-state index in [4.69, 9.17) is 5.84 Å². The molecule has 1 atom stereocenters. The topological polar surface area (TPSA) is 38.0 Å². The maximum atomic E-state index is 5.81. The normalized spacial score (nSPS) is 12.7. The summed E-state index contributed by atoms with van der Waals surface area (Å²) in [5.41, 5.74) is 4.34. The van der Waals surface area contributed by atoms with Gasteiger partial charge in [-0.15, -0.1) is 0 Å². The zero-order chi connectivity index (χ0) is 14.9. The molecular formula is C19H28N2. The molecule has 1 unspecified atom stereocenters. The molecule has 0 amide bonds. The molecule has 2 aromatic carbocycles. The first-order valence-electron chi connectivity index (χ1n) is 8.30. The number of fused-ring (bicyclic) bond motifs is 1. The molecule has 2 nitrogen and oxygen atoms in total. The number of benzene rings is 2. The first-order chi connectivity index (χ1) is 10.4. The van der Waals surface area contributed by atoms with Crippen LogP contribution < -0.4 is 11.3 Å². The quantitative estimate of drug-likeness (QED) is 0.382. The largest absolute Gasteiger partial charge is 0.271 e. The molecule has 0 aliphatic heterocycles. The lowest BCUT2D eigenvalue weighted by atomic mass is 9.95. The van der Waals surface area contributed by atoms with Gasteiger partial charge in [-0.2, -0.15) is 0 Å². The number of nitrogens with one attached hydrogen (secondary N) is 1. The summed E-state index contributed by atoms with van der Waals surface area (Å²) < 4.78 is 0. The van der Waals surface area contributed by atoms with Crippen LogP contribution >= 0.6 is 0 Å². The maximum absolute atomic E-state index is 5.81. The average Bonchev–Trinajstić information content (AvgIpc) is 2.54. The summed E-state index contributed by atoms with van der Waals surface area (Å²) in [6, 6.07) is 15.3. The van der Waals surface area contributed by atoms with Crippen LogP contribution in [0.4, 0.5) is 0 Å². The average molecular weight is 284 g/mol. The SMILES string of the molecule is CCCCCCCCC(NN)c1cccc2ccccc12. The molecule has 2 aromatic rings. The number of nitrogens with two attached hydrogens (primary N) is 1. The van der Waals surface area contributed by atoms with Crippen LogP contribution in [0.3, 0.4) is 0 Å². The Labute approximate surface area is 128 Å². The van der Waals surface area contributed by atoms with E-state index < -0.39 is 0 Å². The second-order valence-corrected chi connectivity index (χ2v) is 5.84. The van der Waals surface area contributed by atoms with Crippen LogP contribution in [-0.2, 0) is 0 Å². The fourth-order valence-corrected chi connectivity index (χ4v) is 3.01. The van der Waals surface area contributed by atoms with Crippen LogP contribution in [0.5, 0.6) is 0 Å². The Morgan fingerprint density at radius 2 is 1.62 bits per heavy atom. The van der Waals surface area contributed by atoms with Crippen LogP contribution in [-0.4, -0.2) is 0 Å². The van der Waals surface area contributed by atoms with Crippen molar-refractivity contribution in [3.05, 3.63) is 48.0 Å². The molecule has 0 aliphatic rings. The molecule has 2 rings (SSSR count). The van der Waals surface area contributed by atoms with Crippen LogP contribution in [0.1, 0.15) is 63.5 Å². The van der Waals surface area contributed by atoms with Crippen LogP contribution in [0, 0.1) is 0 Å². The fraction of sp³-hybridized carbons (Fsp3) is 0.474. The third-order valence-electron chi connectivity index (χ3n) is 4.25. The highest BCUT2D eigenvalue weighted by Gasteiger charge is 2.12. The van der Waals surface area contributed by atoms with Gasteiger partial charge >= 0.3 is 0 Å². The third kappa shape index (κ3) is 4.55. The summed E-state index contributed by atoms with van der Waals surface area (Å²) in [6.45, 7) is 2.26. The van der Waals surface area contributed by atoms with Gasteiger partial charge in [-0.05, 0) is 22.8 Å².